The number of carbonyl (C=O) groups is 3. The zero-order valence-electron chi connectivity index (χ0n) is 14.3. The van der Waals surface area contributed by atoms with E-state index in [1.165, 1.54) is 0 Å². The molecule has 0 aliphatic heterocycles. The van der Waals surface area contributed by atoms with Gasteiger partial charge < -0.3 is 27.4 Å². The van der Waals surface area contributed by atoms with Crippen molar-refractivity contribution in [3.8, 4) is 0 Å². The molecule has 0 aromatic heterocycles. The highest BCUT2D eigenvalue weighted by Gasteiger charge is 2.26. The third-order valence-corrected chi connectivity index (χ3v) is 3.37. The Bertz CT molecular complexity index is 376. The highest BCUT2D eigenvalue weighted by atomic mass is 16.2. The zero-order chi connectivity index (χ0) is 17.8. The molecule has 0 fully saturated rings. The molecule has 3 atom stereocenters. The maximum absolute atomic E-state index is 12.3. The summed E-state index contributed by atoms with van der Waals surface area (Å²) in [7, 11) is 0. The number of amides is 3. The molecule has 8 nitrogen and oxygen atoms in total. The fourth-order valence-corrected chi connectivity index (χ4v) is 2.18. The summed E-state index contributed by atoms with van der Waals surface area (Å²) in [6.45, 7) is 6.48. The van der Waals surface area contributed by atoms with Gasteiger partial charge in [0.25, 0.3) is 0 Å². The summed E-state index contributed by atoms with van der Waals surface area (Å²) in [5, 5.41) is 7.96. The molecule has 8 heteroatoms. The number of carbonyl (C=O) groups excluding carboxylic acids is 3. The Hall–Kier alpha value is -1.67. The smallest absolute Gasteiger partial charge is 0.243 e. The van der Waals surface area contributed by atoms with E-state index in [1.54, 1.807) is 0 Å². The zero-order valence-corrected chi connectivity index (χ0v) is 14.3. The Morgan fingerprint density at radius 2 is 1.52 bits per heavy atom. The van der Waals surface area contributed by atoms with Gasteiger partial charge in [-0.25, -0.2) is 0 Å². The molecule has 0 aliphatic rings. The van der Waals surface area contributed by atoms with Crippen molar-refractivity contribution < 1.29 is 14.4 Å². The lowest BCUT2D eigenvalue weighted by Crippen LogP contribution is -2.54. The topological polar surface area (TPSA) is 139 Å². The quantitative estimate of drug-likeness (QED) is 0.287. The van der Waals surface area contributed by atoms with E-state index >= 15 is 0 Å². The van der Waals surface area contributed by atoms with Crippen molar-refractivity contribution in [1.29, 1.82) is 0 Å². The average Bonchev–Trinajstić information content (AvgIpc) is 2.45. The fraction of sp³-hybridized carbons (Fsp3) is 0.800. The van der Waals surface area contributed by atoms with Gasteiger partial charge in [0.15, 0.2) is 0 Å². The molecule has 0 bridgehead atoms. The second-order valence-electron chi connectivity index (χ2n) is 6.09. The molecule has 23 heavy (non-hydrogen) atoms. The first-order valence-electron chi connectivity index (χ1n) is 8.06. The van der Waals surface area contributed by atoms with Gasteiger partial charge in [-0.3, -0.25) is 14.4 Å². The third-order valence-electron chi connectivity index (χ3n) is 3.37. The highest BCUT2D eigenvalue weighted by Crippen LogP contribution is 2.05. The van der Waals surface area contributed by atoms with Crippen molar-refractivity contribution >= 4 is 18.2 Å². The van der Waals surface area contributed by atoms with Crippen LogP contribution in [0.3, 0.4) is 0 Å². The summed E-state index contributed by atoms with van der Waals surface area (Å²) in [6, 6.07) is -1.47. The first-order chi connectivity index (χ1) is 10.8. The minimum absolute atomic E-state index is 0.0794. The minimum Gasteiger partial charge on any atom is -0.352 e. The van der Waals surface area contributed by atoms with Gasteiger partial charge in [0.05, 0.1) is 0 Å². The monoisotopic (exact) mass is 329 g/mol. The predicted molar refractivity (Wildman–Crippen MR) is 89.3 cm³/mol. The summed E-state index contributed by atoms with van der Waals surface area (Å²) in [4.78, 5) is 35.2. The molecule has 7 N–H and O–H groups in total. The number of hydrogen-bond acceptors (Lipinski definition) is 5. The van der Waals surface area contributed by atoms with Crippen molar-refractivity contribution in [1.82, 2.24) is 16.0 Å². The first kappa shape index (κ1) is 21.3. The van der Waals surface area contributed by atoms with Crippen LogP contribution in [0.4, 0.5) is 0 Å². The van der Waals surface area contributed by atoms with Crippen LogP contribution in [-0.4, -0.2) is 49.4 Å². The second-order valence-corrected chi connectivity index (χ2v) is 6.09. The molecule has 0 rings (SSSR count). The van der Waals surface area contributed by atoms with E-state index in [9.17, 15) is 14.4 Å². The third kappa shape index (κ3) is 9.14. The Morgan fingerprint density at radius 1 is 0.957 bits per heavy atom. The van der Waals surface area contributed by atoms with Crippen LogP contribution in [-0.2, 0) is 14.4 Å². The maximum atomic E-state index is 12.3. The van der Waals surface area contributed by atoms with Crippen LogP contribution in [0.2, 0.25) is 0 Å². The van der Waals surface area contributed by atoms with Crippen molar-refractivity contribution in [2.75, 3.05) is 13.1 Å². The van der Waals surface area contributed by atoms with Crippen LogP contribution in [0.25, 0.3) is 0 Å². The van der Waals surface area contributed by atoms with Crippen LogP contribution >= 0.6 is 0 Å². The van der Waals surface area contributed by atoms with E-state index in [2.05, 4.69) is 16.0 Å². The molecule has 0 aromatic carbocycles. The molecule has 134 valence electrons. The average molecular weight is 329 g/mol. The molecule has 0 aliphatic carbocycles. The summed E-state index contributed by atoms with van der Waals surface area (Å²) in [5.41, 5.74) is 11.0. The Morgan fingerprint density at radius 3 is 2.00 bits per heavy atom. The van der Waals surface area contributed by atoms with E-state index in [0.29, 0.717) is 32.2 Å². The molecule has 0 aromatic rings. The molecular formula is C15H31N5O3. The Balaban J connectivity index is 4.78. The Kier molecular flexibility index (Phi) is 11.0. The first-order valence-corrected chi connectivity index (χ1v) is 8.06. The van der Waals surface area contributed by atoms with Crippen LogP contribution in [0.1, 0.15) is 40.0 Å². The van der Waals surface area contributed by atoms with Gasteiger partial charge in [0, 0.05) is 6.04 Å². The lowest BCUT2D eigenvalue weighted by molar-refractivity contribution is -0.131. The van der Waals surface area contributed by atoms with Gasteiger partial charge in [-0.05, 0) is 45.2 Å². The number of nitrogens with one attached hydrogen (secondary N) is 3. The summed E-state index contributed by atoms with van der Waals surface area (Å²) in [5.74, 6) is -0.449. The van der Waals surface area contributed by atoms with E-state index in [0.717, 1.165) is 0 Å². The molecular weight excluding hydrogens is 298 g/mol. The standard InChI is InChI=1S/C15H31N5O3/c1-10(2)8-13(18-9-21)15(23)20-12(5-7-17)14(22)19-11(3)4-6-16/h9-13H,4-8,16-17H2,1-3H3,(H,18,21)(H,19,22)(H,20,23). The van der Waals surface area contributed by atoms with Crippen LogP contribution in [0.15, 0.2) is 0 Å². The molecule has 3 unspecified atom stereocenters. The van der Waals surface area contributed by atoms with Gasteiger partial charge in [-0.1, -0.05) is 13.8 Å². The summed E-state index contributed by atoms with van der Waals surface area (Å²) < 4.78 is 0. The van der Waals surface area contributed by atoms with Crippen molar-refractivity contribution in [2.45, 2.75) is 58.2 Å². The summed E-state index contributed by atoms with van der Waals surface area (Å²) in [6.07, 6.45) is 1.96. The van der Waals surface area contributed by atoms with E-state index in [1.807, 2.05) is 20.8 Å². The fourth-order valence-electron chi connectivity index (χ4n) is 2.18. The van der Waals surface area contributed by atoms with Gasteiger partial charge in [-0.2, -0.15) is 0 Å². The molecule has 0 heterocycles. The number of rotatable bonds is 12. The highest BCUT2D eigenvalue weighted by molar-refractivity contribution is 5.90. The molecule has 0 saturated carbocycles. The van der Waals surface area contributed by atoms with Crippen molar-refractivity contribution in [3.63, 3.8) is 0 Å². The number of hydrogen-bond donors (Lipinski definition) is 5. The Labute approximate surface area is 138 Å². The number of nitrogens with two attached hydrogens (primary N) is 2. The van der Waals surface area contributed by atoms with Crippen molar-refractivity contribution in [2.24, 2.45) is 17.4 Å². The second kappa shape index (κ2) is 11.8. The van der Waals surface area contributed by atoms with Crippen LogP contribution in [0.5, 0.6) is 0 Å². The van der Waals surface area contributed by atoms with E-state index < -0.39 is 12.1 Å². The van der Waals surface area contributed by atoms with Crippen LogP contribution < -0.4 is 27.4 Å². The molecule has 0 radical (unpaired) electrons. The lowest BCUT2D eigenvalue weighted by atomic mass is 10.0. The molecule has 3 amide bonds. The van der Waals surface area contributed by atoms with E-state index in [4.69, 9.17) is 11.5 Å². The lowest BCUT2D eigenvalue weighted by Gasteiger charge is -2.24. The molecule has 0 spiro atoms. The molecule has 0 saturated heterocycles. The van der Waals surface area contributed by atoms with Crippen LogP contribution in [0, 0.1) is 5.92 Å². The van der Waals surface area contributed by atoms with Gasteiger partial charge >= 0.3 is 0 Å². The predicted octanol–water partition coefficient (Wildman–Crippen LogP) is -1.17. The van der Waals surface area contributed by atoms with Gasteiger partial charge in [-0.15, -0.1) is 0 Å². The van der Waals surface area contributed by atoms with Gasteiger partial charge in [0.1, 0.15) is 12.1 Å². The van der Waals surface area contributed by atoms with Gasteiger partial charge in [0.2, 0.25) is 18.2 Å². The van der Waals surface area contributed by atoms with E-state index in [-0.39, 0.29) is 30.3 Å². The van der Waals surface area contributed by atoms with Crippen molar-refractivity contribution in [3.05, 3.63) is 0 Å². The summed E-state index contributed by atoms with van der Waals surface area (Å²) >= 11 is 0. The normalized spacial score (nSPS) is 14.7. The minimum atomic E-state index is -0.726. The largest absolute Gasteiger partial charge is 0.352 e. The maximum Gasteiger partial charge on any atom is 0.243 e. The SMILES string of the molecule is CC(C)CC(NC=O)C(=O)NC(CCN)C(=O)NC(C)CCN.